The van der Waals surface area contributed by atoms with Crippen LogP contribution in [0.1, 0.15) is 5.76 Å². The average Bonchev–Trinajstić information content (AvgIpc) is 3.21. The number of carbonyl (C=O) groups is 1. The van der Waals surface area contributed by atoms with Crippen LogP contribution in [-0.2, 0) is 4.79 Å². The zero-order valence-electron chi connectivity index (χ0n) is 15.4. The van der Waals surface area contributed by atoms with Gasteiger partial charge in [0.1, 0.15) is 11.5 Å². The van der Waals surface area contributed by atoms with E-state index in [1.54, 1.807) is 48.5 Å². The van der Waals surface area contributed by atoms with Gasteiger partial charge in [0.05, 0.1) is 18.2 Å². The number of nitro groups is 1. The summed E-state index contributed by atoms with van der Waals surface area (Å²) >= 11 is 0. The molecule has 0 spiro atoms. The van der Waals surface area contributed by atoms with Gasteiger partial charge in [0.2, 0.25) is 0 Å². The van der Waals surface area contributed by atoms with Gasteiger partial charge in [0, 0.05) is 17.7 Å². The number of amides is 1. The van der Waals surface area contributed by atoms with Crippen LogP contribution in [0.4, 0.5) is 5.69 Å². The third-order valence-electron chi connectivity index (χ3n) is 3.78. The van der Waals surface area contributed by atoms with Crippen molar-refractivity contribution in [1.29, 1.82) is 0 Å². The topological polar surface area (TPSA) is 116 Å². The van der Waals surface area contributed by atoms with Crippen LogP contribution in [0.25, 0.3) is 11.3 Å². The van der Waals surface area contributed by atoms with E-state index in [1.807, 2.05) is 0 Å². The maximum atomic E-state index is 11.8. The highest BCUT2D eigenvalue weighted by Gasteiger charge is 2.10. The van der Waals surface area contributed by atoms with E-state index in [0.717, 1.165) is 0 Å². The first-order chi connectivity index (χ1) is 14.1. The number of carbonyl (C=O) groups excluding carboxylic acids is 1. The Morgan fingerprint density at radius 1 is 1.17 bits per heavy atom. The second-order valence-electron chi connectivity index (χ2n) is 5.74. The van der Waals surface area contributed by atoms with Crippen LogP contribution in [0.5, 0.6) is 11.5 Å². The van der Waals surface area contributed by atoms with Crippen molar-refractivity contribution in [3.05, 3.63) is 76.5 Å². The highest BCUT2D eigenvalue weighted by Crippen LogP contribution is 2.26. The summed E-state index contributed by atoms with van der Waals surface area (Å²) in [6.07, 6.45) is 1.32. The summed E-state index contributed by atoms with van der Waals surface area (Å²) in [6, 6.07) is 16.4. The second kappa shape index (κ2) is 9.18. The maximum absolute atomic E-state index is 11.8. The van der Waals surface area contributed by atoms with Gasteiger partial charge in [-0.2, -0.15) is 5.10 Å². The summed E-state index contributed by atoms with van der Waals surface area (Å²) in [6.45, 7) is -0.241. The molecule has 0 aliphatic rings. The molecule has 0 radical (unpaired) electrons. The smallest absolute Gasteiger partial charge is 0.277 e. The summed E-state index contributed by atoms with van der Waals surface area (Å²) in [5.74, 6) is 1.32. The van der Waals surface area contributed by atoms with Crippen molar-refractivity contribution in [3.8, 4) is 22.8 Å². The fraction of sp³-hybridized carbons (Fsp3) is 0.100. The van der Waals surface area contributed by atoms with E-state index >= 15 is 0 Å². The molecule has 29 heavy (non-hydrogen) atoms. The SMILES string of the molecule is COc1ccccc1OCC(=O)N/N=C\c1ccc(-c2cccc([N+](=O)[O-])c2)o1. The molecule has 3 rings (SSSR count). The van der Waals surface area contributed by atoms with Crippen LogP contribution in [0, 0.1) is 10.1 Å². The van der Waals surface area contributed by atoms with E-state index in [1.165, 1.54) is 25.5 Å². The quantitative estimate of drug-likeness (QED) is 0.355. The molecule has 1 N–H and O–H groups in total. The van der Waals surface area contributed by atoms with Crippen molar-refractivity contribution in [2.24, 2.45) is 5.10 Å². The highest BCUT2D eigenvalue weighted by atomic mass is 16.6. The van der Waals surface area contributed by atoms with Gasteiger partial charge in [-0.3, -0.25) is 14.9 Å². The van der Waals surface area contributed by atoms with Crippen molar-refractivity contribution in [3.63, 3.8) is 0 Å². The van der Waals surface area contributed by atoms with Gasteiger partial charge >= 0.3 is 0 Å². The molecule has 0 saturated carbocycles. The number of ether oxygens (including phenoxy) is 2. The molecular weight excluding hydrogens is 378 g/mol. The molecular formula is C20H17N3O6. The monoisotopic (exact) mass is 395 g/mol. The number of nitro benzene ring substituents is 1. The highest BCUT2D eigenvalue weighted by molar-refractivity contribution is 5.81. The molecule has 1 aromatic heterocycles. The van der Waals surface area contributed by atoms with Gasteiger partial charge in [0.25, 0.3) is 11.6 Å². The van der Waals surface area contributed by atoms with E-state index in [0.29, 0.717) is 28.6 Å². The Hall–Kier alpha value is -4.14. The molecule has 0 aliphatic heterocycles. The Balaban J connectivity index is 1.55. The summed E-state index contributed by atoms with van der Waals surface area (Å²) in [5.41, 5.74) is 2.86. The van der Waals surface area contributed by atoms with E-state index in [-0.39, 0.29) is 12.3 Å². The molecule has 2 aromatic carbocycles. The molecule has 3 aromatic rings. The Morgan fingerprint density at radius 2 is 1.97 bits per heavy atom. The van der Waals surface area contributed by atoms with E-state index < -0.39 is 10.8 Å². The van der Waals surface area contributed by atoms with Gasteiger partial charge in [-0.25, -0.2) is 5.43 Å². The Kier molecular flexibility index (Phi) is 6.21. The Bertz CT molecular complexity index is 1040. The molecule has 148 valence electrons. The number of nitrogens with zero attached hydrogens (tertiary/aromatic N) is 2. The lowest BCUT2D eigenvalue weighted by Gasteiger charge is -2.08. The number of rotatable bonds is 8. The largest absolute Gasteiger partial charge is 0.493 e. The molecule has 1 heterocycles. The molecule has 0 unspecified atom stereocenters. The van der Waals surface area contributed by atoms with Crippen molar-refractivity contribution in [2.45, 2.75) is 0 Å². The minimum atomic E-state index is -0.475. The zero-order valence-corrected chi connectivity index (χ0v) is 15.4. The molecule has 0 atom stereocenters. The summed E-state index contributed by atoms with van der Waals surface area (Å²) < 4.78 is 16.1. The van der Waals surface area contributed by atoms with Gasteiger partial charge in [-0.15, -0.1) is 0 Å². The Labute approximate surface area is 165 Å². The van der Waals surface area contributed by atoms with Crippen LogP contribution < -0.4 is 14.9 Å². The average molecular weight is 395 g/mol. The number of hydrogen-bond acceptors (Lipinski definition) is 7. The minimum absolute atomic E-state index is 0.0311. The first kappa shape index (κ1) is 19.6. The molecule has 0 aliphatic carbocycles. The van der Waals surface area contributed by atoms with Gasteiger partial charge in [-0.1, -0.05) is 24.3 Å². The van der Waals surface area contributed by atoms with Crippen LogP contribution in [0.15, 0.2) is 70.2 Å². The predicted molar refractivity (Wildman–Crippen MR) is 105 cm³/mol. The fourth-order valence-corrected chi connectivity index (χ4v) is 2.43. The molecule has 0 fully saturated rings. The first-order valence-corrected chi connectivity index (χ1v) is 8.49. The van der Waals surface area contributed by atoms with Crippen LogP contribution in [0.3, 0.4) is 0 Å². The van der Waals surface area contributed by atoms with E-state index in [9.17, 15) is 14.9 Å². The maximum Gasteiger partial charge on any atom is 0.277 e. The zero-order chi connectivity index (χ0) is 20.6. The molecule has 9 nitrogen and oxygen atoms in total. The number of para-hydroxylation sites is 2. The van der Waals surface area contributed by atoms with E-state index in [2.05, 4.69) is 10.5 Å². The Morgan fingerprint density at radius 3 is 2.72 bits per heavy atom. The van der Waals surface area contributed by atoms with Crippen molar-refractivity contribution in [2.75, 3.05) is 13.7 Å². The van der Waals surface area contributed by atoms with Crippen molar-refractivity contribution in [1.82, 2.24) is 5.43 Å². The minimum Gasteiger partial charge on any atom is -0.493 e. The lowest BCUT2D eigenvalue weighted by atomic mass is 10.1. The van der Waals surface area contributed by atoms with Crippen molar-refractivity contribution >= 4 is 17.8 Å². The van der Waals surface area contributed by atoms with Crippen LogP contribution >= 0.6 is 0 Å². The number of hydrogen-bond donors (Lipinski definition) is 1. The second-order valence-corrected chi connectivity index (χ2v) is 5.74. The number of benzene rings is 2. The van der Waals surface area contributed by atoms with Gasteiger partial charge < -0.3 is 13.9 Å². The number of methoxy groups -OCH3 is 1. The third-order valence-corrected chi connectivity index (χ3v) is 3.78. The lowest BCUT2D eigenvalue weighted by Crippen LogP contribution is -2.24. The molecule has 9 heteroatoms. The van der Waals surface area contributed by atoms with Gasteiger partial charge in [0.15, 0.2) is 18.1 Å². The number of furan rings is 1. The van der Waals surface area contributed by atoms with Crippen LogP contribution in [-0.4, -0.2) is 30.8 Å². The predicted octanol–water partition coefficient (Wildman–Crippen LogP) is 3.39. The van der Waals surface area contributed by atoms with E-state index in [4.69, 9.17) is 13.9 Å². The molecule has 1 amide bonds. The summed E-state index contributed by atoms with van der Waals surface area (Å²) in [5, 5.41) is 14.7. The molecule has 0 bridgehead atoms. The fourth-order valence-electron chi connectivity index (χ4n) is 2.43. The number of hydrazone groups is 1. The standard InChI is InChI=1S/C20H17N3O6/c1-27-18-7-2-3-8-19(18)28-13-20(24)22-21-12-16-9-10-17(29-16)14-5-4-6-15(11-14)23(25)26/h2-12H,13H2,1H3,(H,22,24)/b21-12-. The number of non-ortho nitro benzene ring substituents is 1. The van der Waals surface area contributed by atoms with Gasteiger partial charge in [-0.05, 0) is 24.3 Å². The van der Waals surface area contributed by atoms with Crippen LogP contribution in [0.2, 0.25) is 0 Å². The summed E-state index contributed by atoms with van der Waals surface area (Å²) in [7, 11) is 1.51. The first-order valence-electron chi connectivity index (χ1n) is 8.49. The normalized spacial score (nSPS) is 10.7. The van der Waals surface area contributed by atoms with Crippen molar-refractivity contribution < 1.29 is 23.6 Å². The third kappa shape index (κ3) is 5.19. The molecule has 0 saturated heterocycles. The lowest BCUT2D eigenvalue weighted by molar-refractivity contribution is -0.384. The number of nitrogens with one attached hydrogen (secondary N) is 1. The summed E-state index contributed by atoms with van der Waals surface area (Å²) in [4.78, 5) is 22.2.